The molecule has 1 heterocycles. The van der Waals surface area contributed by atoms with Crippen LogP contribution in [0.4, 0.5) is 0 Å². The largest absolute Gasteiger partial charge is 0.381 e. The standard InChI is InChI=1S/C10H21NOS/c1-8(11-3)9(2)13-10-4-6-12-7-5-10/h8-11H,4-7H2,1-3H3. The van der Waals surface area contributed by atoms with E-state index >= 15 is 0 Å². The number of hydrogen-bond donors (Lipinski definition) is 1. The van der Waals surface area contributed by atoms with E-state index in [1.54, 1.807) is 0 Å². The highest BCUT2D eigenvalue weighted by atomic mass is 32.2. The van der Waals surface area contributed by atoms with Gasteiger partial charge in [0, 0.05) is 29.8 Å². The zero-order chi connectivity index (χ0) is 9.68. The minimum Gasteiger partial charge on any atom is -0.381 e. The highest BCUT2D eigenvalue weighted by Crippen LogP contribution is 2.27. The third-order valence-corrected chi connectivity index (χ3v) is 4.43. The molecule has 0 aromatic rings. The lowest BCUT2D eigenvalue weighted by molar-refractivity contribution is 0.0999. The van der Waals surface area contributed by atoms with Gasteiger partial charge in [-0.2, -0.15) is 11.8 Å². The number of nitrogens with one attached hydrogen (secondary N) is 1. The van der Waals surface area contributed by atoms with Gasteiger partial charge in [-0.3, -0.25) is 0 Å². The molecule has 1 saturated heterocycles. The van der Waals surface area contributed by atoms with Gasteiger partial charge in [-0.05, 0) is 26.8 Å². The fourth-order valence-electron chi connectivity index (χ4n) is 1.47. The molecule has 78 valence electrons. The fourth-order valence-corrected chi connectivity index (χ4v) is 2.91. The van der Waals surface area contributed by atoms with E-state index in [1.165, 1.54) is 12.8 Å². The van der Waals surface area contributed by atoms with Crippen LogP contribution < -0.4 is 5.32 Å². The predicted molar refractivity (Wildman–Crippen MR) is 59.4 cm³/mol. The number of thioether (sulfide) groups is 1. The summed E-state index contributed by atoms with van der Waals surface area (Å²) in [5, 5.41) is 4.82. The Morgan fingerprint density at radius 2 is 1.92 bits per heavy atom. The average Bonchev–Trinajstić information content (AvgIpc) is 2.18. The molecule has 0 aromatic carbocycles. The molecule has 0 aliphatic carbocycles. The van der Waals surface area contributed by atoms with Crippen molar-refractivity contribution in [3.63, 3.8) is 0 Å². The highest BCUT2D eigenvalue weighted by Gasteiger charge is 2.19. The monoisotopic (exact) mass is 203 g/mol. The minimum atomic E-state index is 0.604. The van der Waals surface area contributed by atoms with Crippen LogP contribution in [0.25, 0.3) is 0 Å². The molecule has 0 saturated carbocycles. The minimum absolute atomic E-state index is 0.604. The quantitative estimate of drug-likeness (QED) is 0.754. The van der Waals surface area contributed by atoms with E-state index in [-0.39, 0.29) is 0 Å². The van der Waals surface area contributed by atoms with Gasteiger partial charge in [0.15, 0.2) is 0 Å². The Labute approximate surface area is 85.8 Å². The lowest BCUT2D eigenvalue weighted by atomic mass is 10.2. The van der Waals surface area contributed by atoms with Crippen molar-refractivity contribution in [1.82, 2.24) is 5.32 Å². The lowest BCUT2D eigenvalue weighted by Gasteiger charge is -2.27. The Morgan fingerprint density at radius 1 is 1.31 bits per heavy atom. The average molecular weight is 203 g/mol. The molecule has 0 aromatic heterocycles. The van der Waals surface area contributed by atoms with Crippen molar-refractivity contribution in [1.29, 1.82) is 0 Å². The van der Waals surface area contributed by atoms with Gasteiger partial charge in [-0.15, -0.1) is 0 Å². The molecule has 1 aliphatic rings. The van der Waals surface area contributed by atoms with Gasteiger partial charge in [-0.1, -0.05) is 6.92 Å². The summed E-state index contributed by atoms with van der Waals surface area (Å²) in [4.78, 5) is 0. The summed E-state index contributed by atoms with van der Waals surface area (Å²) in [6.07, 6.45) is 2.46. The van der Waals surface area contributed by atoms with Crippen molar-refractivity contribution in [2.45, 2.75) is 43.2 Å². The van der Waals surface area contributed by atoms with E-state index < -0.39 is 0 Å². The molecule has 2 nitrogen and oxygen atoms in total. The maximum atomic E-state index is 5.34. The van der Waals surface area contributed by atoms with Gasteiger partial charge in [0.25, 0.3) is 0 Å². The van der Waals surface area contributed by atoms with Crippen molar-refractivity contribution in [2.75, 3.05) is 20.3 Å². The Kier molecular flexibility index (Phi) is 5.14. The van der Waals surface area contributed by atoms with Crippen LogP contribution in [0.1, 0.15) is 26.7 Å². The van der Waals surface area contributed by atoms with Crippen LogP contribution in [-0.2, 0) is 4.74 Å². The predicted octanol–water partition coefficient (Wildman–Crippen LogP) is 1.90. The molecular weight excluding hydrogens is 182 g/mol. The molecule has 0 spiro atoms. The molecule has 1 fully saturated rings. The van der Waals surface area contributed by atoms with Crippen molar-refractivity contribution in [3.05, 3.63) is 0 Å². The second-order valence-electron chi connectivity index (χ2n) is 3.73. The molecule has 3 heteroatoms. The normalized spacial score (nSPS) is 24.2. The topological polar surface area (TPSA) is 21.3 Å². The zero-order valence-electron chi connectivity index (χ0n) is 8.88. The molecule has 0 radical (unpaired) electrons. The van der Waals surface area contributed by atoms with Crippen LogP contribution in [0.3, 0.4) is 0 Å². The maximum absolute atomic E-state index is 5.34. The van der Waals surface area contributed by atoms with E-state index in [0.29, 0.717) is 11.3 Å². The fraction of sp³-hybridized carbons (Fsp3) is 1.00. The lowest BCUT2D eigenvalue weighted by Crippen LogP contribution is -2.33. The molecule has 1 aliphatic heterocycles. The van der Waals surface area contributed by atoms with Gasteiger partial charge in [0.05, 0.1) is 0 Å². The van der Waals surface area contributed by atoms with Crippen molar-refractivity contribution in [2.24, 2.45) is 0 Å². The molecule has 0 bridgehead atoms. The van der Waals surface area contributed by atoms with Crippen LogP contribution in [0.5, 0.6) is 0 Å². The van der Waals surface area contributed by atoms with Gasteiger partial charge >= 0.3 is 0 Å². The Hall–Kier alpha value is 0.270. The summed E-state index contributed by atoms with van der Waals surface area (Å²) < 4.78 is 5.34. The summed E-state index contributed by atoms with van der Waals surface area (Å²) in [7, 11) is 2.03. The van der Waals surface area contributed by atoms with Crippen molar-refractivity contribution < 1.29 is 4.74 Å². The number of rotatable bonds is 4. The summed E-state index contributed by atoms with van der Waals surface area (Å²) in [5.74, 6) is 0. The first-order valence-corrected chi connectivity index (χ1v) is 6.08. The van der Waals surface area contributed by atoms with E-state index in [0.717, 1.165) is 18.5 Å². The molecule has 1 rings (SSSR count). The summed E-state index contributed by atoms with van der Waals surface area (Å²) in [6, 6.07) is 0.604. The highest BCUT2D eigenvalue weighted by molar-refractivity contribution is 8.00. The Balaban J connectivity index is 2.21. The van der Waals surface area contributed by atoms with Crippen molar-refractivity contribution in [3.8, 4) is 0 Å². The second-order valence-corrected chi connectivity index (χ2v) is 5.41. The Bertz CT molecular complexity index is 137. The zero-order valence-corrected chi connectivity index (χ0v) is 9.69. The SMILES string of the molecule is CNC(C)C(C)SC1CCOCC1. The third-order valence-electron chi connectivity index (χ3n) is 2.73. The summed E-state index contributed by atoms with van der Waals surface area (Å²) in [6.45, 7) is 6.47. The second kappa shape index (κ2) is 5.89. The van der Waals surface area contributed by atoms with E-state index in [1.807, 2.05) is 7.05 Å². The van der Waals surface area contributed by atoms with Gasteiger partial charge in [-0.25, -0.2) is 0 Å². The third kappa shape index (κ3) is 3.88. The van der Waals surface area contributed by atoms with Crippen LogP contribution >= 0.6 is 11.8 Å². The van der Waals surface area contributed by atoms with E-state index in [4.69, 9.17) is 4.74 Å². The molecule has 2 unspecified atom stereocenters. The van der Waals surface area contributed by atoms with Gasteiger partial charge < -0.3 is 10.1 Å². The van der Waals surface area contributed by atoms with Gasteiger partial charge in [0.1, 0.15) is 0 Å². The molecule has 2 atom stereocenters. The summed E-state index contributed by atoms with van der Waals surface area (Å²) in [5.41, 5.74) is 0. The van der Waals surface area contributed by atoms with Crippen LogP contribution in [-0.4, -0.2) is 36.8 Å². The smallest absolute Gasteiger partial charge is 0.0476 e. The van der Waals surface area contributed by atoms with E-state index in [9.17, 15) is 0 Å². The number of ether oxygens (including phenoxy) is 1. The maximum Gasteiger partial charge on any atom is 0.0476 e. The van der Waals surface area contributed by atoms with E-state index in [2.05, 4.69) is 30.9 Å². The summed E-state index contributed by atoms with van der Waals surface area (Å²) >= 11 is 2.11. The molecule has 0 amide bonds. The number of hydrogen-bond acceptors (Lipinski definition) is 3. The molecule has 13 heavy (non-hydrogen) atoms. The first kappa shape index (κ1) is 11.3. The molecule has 1 N–H and O–H groups in total. The first-order valence-electron chi connectivity index (χ1n) is 5.14. The molecular formula is C10H21NOS. The van der Waals surface area contributed by atoms with Crippen LogP contribution in [0.2, 0.25) is 0 Å². The first-order chi connectivity index (χ1) is 6.24. The van der Waals surface area contributed by atoms with Crippen LogP contribution in [0, 0.1) is 0 Å². The van der Waals surface area contributed by atoms with Crippen molar-refractivity contribution >= 4 is 11.8 Å². The Morgan fingerprint density at radius 3 is 2.46 bits per heavy atom. The van der Waals surface area contributed by atoms with Gasteiger partial charge in [0.2, 0.25) is 0 Å². The van der Waals surface area contributed by atoms with Crippen LogP contribution in [0.15, 0.2) is 0 Å².